The molecule has 0 aromatic heterocycles. The monoisotopic (exact) mass is 203 g/mol. The van der Waals surface area contributed by atoms with Crippen LogP contribution in [0.4, 0.5) is 0 Å². The normalized spacial score (nSPS) is 36.5. The quantitative estimate of drug-likeness (QED) is 0.745. The van der Waals surface area contributed by atoms with E-state index in [2.05, 4.69) is 44.2 Å². The van der Waals surface area contributed by atoms with Gasteiger partial charge in [-0.1, -0.05) is 44.2 Å². The number of hydrogen-bond acceptors (Lipinski definition) is 1. The molecule has 0 spiro atoms. The van der Waals surface area contributed by atoms with Crippen molar-refractivity contribution in [2.75, 3.05) is 0 Å². The molecule has 1 aliphatic carbocycles. The summed E-state index contributed by atoms with van der Waals surface area (Å²) in [6.07, 6.45) is 2.56. The Morgan fingerprint density at radius 1 is 1.07 bits per heavy atom. The van der Waals surface area contributed by atoms with E-state index in [1.54, 1.807) is 0 Å². The number of rotatable bonds is 1. The van der Waals surface area contributed by atoms with Crippen molar-refractivity contribution in [1.82, 2.24) is 0 Å². The lowest BCUT2D eigenvalue weighted by Crippen LogP contribution is -2.41. The molecule has 1 saturated carbocycles. The molecule has 0 bridgehead atoms. The summed E-state index contributed by atoms with van der Waals surface area (Å²) in [6.45, 7) is 4.58. The summed E-state index contributed by atoms with van der Waals surface area (Å²) in [7, 11) is 0. The molecular weight excluding hydrogens is 182 g/mol. The minimum Gasteiger partial charge on any atom is -0.327 e. The van der Waals surface area contributed by atoms with Crippen LogP contribution in [-0.2, 0) is 0 Å². The smallest absolute Gasteiger partial charge is 0.00962 e. The number of hydrogen-bond donors (Lipinski definition) is 1. The molecule has 1 aromatic rings. The van der Waals surface area contributed by atoms with Crippen LogP contribution in [0.3, 0.4) is 0 Å². The Morgan fingerprint density at radius 3 is 2.40 bits per heavy atom. The van der Waals surface area contributed by atoms with E-state index in [9.17, 15) is 0 Å². The maximum absolute atomic E-state index is 6.25. The van der Waals surface area contributed by atoms with E-state index in [-0.39, 0.29) is 0 Å². The largest absolute Gasteiger partial charge is 0.327 e. The topological polar surface area (TPSA) is 26.0 Å². The molecule has 1 heteroatoms. The Labute approximate surface area is 92.7 Å². The summed E-state index contributed by atoms with van der Waals surface area (Å²) >= 11 is 0. The van der Waals surface area contributed by atoms with E-state index in [4.69, 9.17) is 5.73 Å². The van der Waals surface area contributed by atoms with Gasteiger partial charge in [-0.2, -0.15) is 0 Å². The first-order chi connectivity index (χ1) is 7.20. The van der Waals surface area contributed by atoms with Crippen LogP contribution in [0.5, 0.6) is 0 Å². The summed E-state index contributed by atoms with van der Waals surface area (Å²) in [6, 6.07) is 11.2. The van der Waals surface area contributed by atoms with Crippen molar-refractivity contribution in [3.8, 4) is 0 Å². The first kappa shape index (κ1) is 10.7. The lowest BCUT2D eigenvalue weighted by Gasteiger charge is -2.38. The summed E-state index contributed by atoms with van der Waals surface area (Å²) in [4.78, 5) is 0. The van der Waals surface area contributed by atoms with Crippen molar-refractivity contribution >= 4 is 0 Å². The molecule has 1 fully saturated rings. The van der Waals surface area contributed by atoms with Gasteiger partial charge in [-0.3, -0.25) is 0 Å². The fourth-order valence-corrected chi connectivity index (χ4v) is 2.85. The summed E-state index contributed by atoms with van der Waals surface area (Å²) in [5, 5.41) is 0. The van der Waals surface area contributed by atoms with E-state index in [1.807, 2.05) is 0 Å². The third kappa shape index (κ3) is 2.07. The second-order valence-electron chi connectivity index (χ2n) is 5.01. The van der Waals surface area contributed by atoms with E-state index in [1.165, 1.54) is 18.4 Å². The summed E-state index contributed by atoms with van der Waals surface area (Å²) in [5.74, 6) is 1.95. The molecule has 2 N–H and O–H groups in total. The highest BCUT2D eigenvalue weighted by Gasteiger charge is 2.32. The summed E-state index contributed by atoms with van der Waals surface area (Å²) < 4.78 is 0. The van der Waals surface area contributed by atoms with Crippen LogP contribution < -0.4 is 5.73 Å². The van der Waals surface area contributed by atoms with Crippen molar-refractivity contribution < 1.29 is 0 Å². The average Bonchev–Trinajstić information content (AvgIpc) is 2.27. The van der Waals surface area contributed by atoms with Crippen LogP contribution in [0.2, 0.25) is 0 Å². The van der Waals surface area contributed by atoms with Crippen molar-refractivity contribution in [2.24, 2.45) is 17.6 Å². The third-order valence-corrected chi connectivity index (χ3v) is 4.06. The fourth-order valence-electron chi connectivity index (χ4n) is 2.85. The molecule has 0 aliphatic heterocycles. The zero-order chi connectivity index (χ0) is 10.8. The third-order valence-electron chi connectivity index (χ3n) is 4.06. The molecule has 0 saturated heterocycles. The number of nitrogens with two attached hydrogens (primary N) is 1. The average molecular weight is 203 g/mol. The maximum Gasteiger partial charge on any atom is 0.00962 e. The highest BCUT2D eigenvalue weighted by atomic mass is 14.7. The highest BCUT2D eigenvalue weighted by molar-refractivity contribution is 5.21. The Kier molecular flexibility index (Phi) is 3.11. The van der Waals surface area contributed by atoms with Crippen LogP contribution >= 0.6 is 0 Å². The second kappa shape index (κ2) is 4.36. The van der Waals surface area contributed by atoms with Crippen molar-refractivity contribution in [2.45, 2.75) is 38.6 Å². The zero-order valence-electron chi connectivity index (χ0n) is 9.69. The number of benzene rings is 1. The van der Waals surface area contributed by atoms with E-state index in [0.29, 0.717) is 23.8 Å². The van der Waals surface area contributed by atoms with Gasteiger partial charge in [-0.05, 0) is 36.2 Å². The van der Waals surface area contributed by atoms with Gasteiger partial charge >= 0.3 is 0 Å². The molecule has 1 aliphatic rings. The van der Waals surface area contributed by atoms with Crippen LogP contribution in [0, 0.1) is 11.8 Å². The summed E-state index contributed by atoms with van der Waals surface area (Å²) in [5.41, 5.74) is 7.71. The lowest BCUT2D eigenvalue weighted by atomic mass is 9.70. The maximum atomic E-state index is 6.25. The molecule has 4 unspecified atom stereocenters. The standard InChI is InChI=1S/C14H21N/c1-10-8-9-13(11(2)14(10)15)12-6-4-3-5-7-12/h3-7,10-11,13-14H,8-9,15H2,1-2H3. The molecule has 0 radical (unpaired) electrons. The van der Waals surface area contributed by atoms with Gasteiger partial charge in [0, 0.05) is 6.04 Å². The molecule has 15 heavy (non-hydrogen) atoms. The minimum absolute atomic E-state index is 0.365. The van der Waals surface area contributed by atoms with Gasteiger partial charge in [0.05, 0.1) is 0 Å². The molecule has 1 nitrogen and oxygen atoms in total. The Morgan fingerprint density at radius 2 is 1.73 bits per heavy atom. The molecule has 4 atom stereocenters. The highest BCUT2D eigenvalue weighted by Crippen LogP contribution is 2.39. The van der Waals surface area contributed by atoms with Gasteiger partial charge in [-0.15, -0.1) is 0 Å². The molecule has 2 rings (SSSR count). The second-order valence-corrected chi connectivity index (χ2v) is 5.01. The zero-order valence-corrected chi connectivity index (χ0v) is 9.69. The lowest BCUT2D eigenvalue weighted by molar-refractivity contribution is 0.218. The van der Waals surface area contributed by atoms with Gasteiger partial charge in [0.15, 0.2) is 0 Å². The van der Waals surface area contributed by atoms with Gasteiger partial charge in [0.2, 0.25) is 0 Å². The van der Waals surface area contributed by atoms with Crippen LogP contribution in [0.15, 0.2) is 30.3 Å². The predicted molar refractivity (Wildman–Crippen MR) is 64.7 cm³/mol. The first-order valence-electron chi connectivity index (χ1n) is 6.00. The van der Waals surface area contributed by atoms with Crippen LogP contribution in [0.25, 0.3) is 0 Å². The SMILES string of the molecule is CC1CCC(c2ccccc2)C(C)C1N. The van der Waals surface area contributed by atoms with Gasteiger partial charge in [0.1, 0.15) is 0 Å². The first-order valence-corrected chi connectivity index (χ1v) is 6.00. The Bertz CT molecular complexity index is 306. The van der Waals surface area contributed by atoms with E-state index >= 15 is 0 Å². The van der Waals surface area contributed by atoms with E-state index in [0.717, 1.165) is 0 Å². The Balaban J connectivity index is 2.17. The molecule has 1 aromatic carbocycles. The van der Waals surface area contributed by atoms with Crippen LogP contribution in [-0.4, -0.2) is 6.04 Å². The molecule has 0 heterocycles. The van der Waals surface area contributed by atoms with Gasteiger partial charge < -0.3 is 5.73 Å². The Hall–Kier alpha value is -0.820. The predicted octanol–water partition coefficient (Wildman–Crippen LogP) is 3.16. The van der Waals surface area contributed by atoms with Crippen molar-refractivity contribution in [3.63, 3.8) is 0 Å². The molecule has 82 valence electrons. The van der Waals surface area contributed by atoms with Gasteiger partial charge in [-0.25, -0.2) is 0 Å². The van der Waals surface area contributed by atoms with Crippen LogP contribution in [0.1, 0.15) is 38.2 Å². The van der Waals surface area contributed by atoms with Crippen molar-refractivity contribution in [3.05, 3.63) is 35.9 Å². The minimum atomic E-state index is 0.365. The van der Waals surface area contributed by atoms with Crippen molar-refractivity contribution in [1.29, 1.82) is 0 Å². The fraction of sp³-hybridized carbons (Fsp3) is 0.571. The molecular formula is C14H21N. The van der Waals surface area contributed by atoms with Gasteiger partial charge in [0.25, 0.3) is 0 Å². The van der Waals surface area contributed by atoms with E-state index < -0.39 is 0 Å². The molecule has 0 amide bonds.